The number of aromatic nitrogens is 3. The van der Waals surface area contributed by atoms with Gasteiger partial charge in [0.1, 0.15) is 18.2 Å². The molecule has 0 unspecified atom stereocenters. The first-order valence-corrected chi connectivity index (χ1v) is 11.8. The Morgan fingerprint density at radius 3 is 2.70 bits per heavy atom. The van der Waals surface area contributed by atoms with Crippen LogP contribution in [0.15, 0.2) is 36.5 Å². The molecule has 3 heterocycles. The van der Waals surface area contributed by atoms with Crippen LogP contribution in [0.3, 0.4) is 0 Å². The Kier molecular flexibility index (Phi) is 6.44. The van der Waals surface area contributed by atoms with Crippen molar-refractivity contribution in [1.82, 2.24) is 20.3 Å². The highest BCUT2D eigenvalue weighted by molar-refractivity contribution is 5.14. The fraction of sp³-hybridized carbons (Fsp3) is 0.667. The van der Waals surface area contributed by atoms with Crippen LogP contribution in [0, 0.1) is 5.92 Å². The van der Waals surface area contributed by atoms with E-state index in [9.17, 15) is 0 Å². The van der Waals surface area contributed by atoms with Crippen LogP contribution < -0.4 is 5.32 Å². The largest absolute Gasteiger partial charge is 0.371 e. The molecule has 2 aliphatic heterocycles. The van der Waals surface area contributed by atoms with Crippen LogP contribution in [0.4, 0.5) is 0 Å². The predicted molar refractivity (Wildman–Crippen MR) is 115 cm³/mol. The van der Waals surface area contributed by atoms with Gasteiger partial charge in [0, 0.05) is 6.20 Å². The zero-order chi connectivity index (χ0) is 20.2. The number of nitrogens with zero attached hydrogens (tertiary/aromatic N) is 3. The number of nitrogens with one attached hydrogen (secondary N) is 1. The third-order valence-corrected chi connectivity index (χ3v) is 7.04. The van der Waals surface area contributed by atoms with Crippen molar-refractivity contribution in [2.24, 2.45) is 5.92 Å². The van der Waals surface area contributed by atoms with Gasteiger partial charge in [0.15, 0.2) is 0 Å². The van der Waals surface area contributed by atoms with Crippen LogP contribution in [-0.2, 0) is 22.3 Å². The average molecular weight is 411 g/mol. The van der Waals surface area contributed by atoms with E-state index in [1.165, 1.54) is 37.7 Å². The summed E-state index contributed by atoms with van der Waals surface area (Å²) in [6.07, 6.45) is 12.4. The van der Waals surface area contributed by atoms with E-state index in [0.29, 0.717) is 13.2 Å². The van der Waals surface area contributed by atoms with Gasteiger partial charge >= 0.3 is 0 Å². The van der Waals surface area contributed by atoms with Crippen molar-refractivity contribution in [3.05, 3.63) is 47.8 Å². The van der Waals surface area contributed by atoms with Crippen LogP contribution >= 0.6 is 0 Å². The van der Waals surface area contributed by atoms with E-state index in [1.807, 2.05) is 4.68 Å². The van der Waals surface area contributed by atoms with Crippen LogP contribution in [0.5, 0.6) is 0 Å². The lowest BCUT2D eigenvalue weighted by Crippen LogP contribution is -2.41. The maximum Gasteiger partial charge on any atom is 0.110 e. The third kappa shape index (κ3) is 4.61. The third-order valence-electron chi connectivity index (χ3n) is 7.04. The Morgan fingerprint density at radius 1 is 1.00 bits per heavy atom. The Balaban J connectivity index is 1.10. The molecule has 1 saturated carbocycles. The molecule has 2 saturated heterocycles. The average Bonchev–Trinajstić information content (AvgIpc) is 3.50. The highest BCUT2D eigenvalue weighted by Gasteiger charge is 2.48. The highest BCUT2D eigenvalue weighted by atomic mass is 16.6. The molecule has 3 fully saturated rings. The molecule has 1 aromatic heterocycles. The molecule has 1 N–H and O–H groups in total. The van der Waals surface area contributed by atoms with Gasteiger partial charge in [-0.3, -0.25) is 0 Å². The number of benzene rings is 1. The lowest BCUT2D eigenvalue weighted by atomic mass is 9.86. The lowest BCUT2D eigenvalue weighted by molar-refractivity contribution is 0.0620. The number of ether oxygens (including phenoxy) is 2. The highest BCUT2D eigenvalue weighted by Crippen LogP contribution is 2.34. The van der Waals surface area contributed by atoms with Gasteiger partial charge < -0.3 is 14.8 Å². The van der Waals surface area contributed by atoms with Crippen molar-refractivity contribution in [3.63, 3.8) is 0 Å². The van der Waals surface area contributed by atoms with Crippen LogP contribution in [-0.4, -0.2) is 53.0 Å². The molecule has 5 rings (SSSR count). The van der Waals surface area contributed by atoms with Crippen LogP contribution in [0.25, 0.3) is 0 Å². The quantitative estimate of drug-likeness (QED) is 0.677. The first-order chi connectivity index (χ1) is 14.9. The van der Waals surface area contributed by atoms with Gasteiger partial charge in [-0.2, -0.15) is 0 Å². The van der Waals surface area contributed by atoms with Crippen LogP contribution in [0.2, 0.25) is 0 Å². The molecule has 0 radical (unpaired) electrons. The molecule has 0 spiro atoms. The molecule has 4 atom stereocenters. The van der Waals surface area contributed by atoms with E-state index in [4.69, 9.17) is 9.47 Å². The Bertz CT molecular complexity index is 790. The summed E-state index contributed by atoms with van der Waals surface area (Å²) in [6, 6.07) is 11.1. The second-order valence-corrected chi connectivity index (χ2v) is 9.21. The van der Waals surface area contributed by atoms with E-state index < -0.39 is 0 Å². The van der Waals surface area contributed by atoms with Crippen molar-refractivity contribution >= 4 is 0 Å². The molecule has 1 aliphatic carbocycles. The zero-order valence-corrected chi connectivity index (χ0v) is 17.8. The summed E-state index contributed by atoms with van der Waals surface area (Å²) in [5, 5.41) is 12.6. The molecule has 3 aliphatic rings. The fourth-order valence-electron chi connectivity index (χ4n) is 5.36. The van der Waals surface area contributed by atoms with E-state index in [2.05, 4.69) is 52.2 Å². The maximum atomic E-state index is 6.15. The number of aryl methyl sites for hydroxylation is 1. The molecule has 2 aromatic rings. The summed E-state index contributed by atoms with van der Waals surface area (Å²) in [5.74, 6) is 0.781. The van der Waals surface area contributed by atoms with Crippen molar-refractivity contribution in [3.8, 4) is 0 Å². The minimum absolute atomic E-state index is 0.0702. The summed E-state index contributed by atoms with van der Waals surface area (Å²) in [5.41, 5.74) is 2.52. The summed E-state index contributed by atoms with van der Waals surface area (Å²) < 4.78 is 14.3. The number of hydrogen-bond donors (Lipinski definition) is 1. The standard InChI is InChI=1S/C24H34N4O2/c1-3-8-18(9-4-1)12-7-13-25-21-16-29-24-22(17-30-23(21)24)28-15-20(26-27-28)14-19-10-5-2-6-11-19/h1,3-4,8-9,15,19,21-25H,2,5-7,10-14,16-17H2/t21-,22+,23-,24+/m1/s1. The maximum absolute atomic E-state index is 6.15. The summed E-state index contributed by atoms with van der Waals surface area (Å²) >= 11 is 0. The van der Waals surface area contributed by atoms with Crippen molar-refractivity contribution in [2.75, 3.05) is 19.8 Å². The van der Waals surface area contributed by atoms with Crippen molar-refractivity contribution in [2.45, 2.75) is 75.7 Å². The zero-order valence-electron chi connectivity index (χ0n) is 17.8. The smallest absolute Gasteiger partial charge is 0.110 e. The van der Waals surface area contributed by atoms with Crippen molar-refractivity contribution < 1.29 is 9.47 Å². The molecule has 6 nitrogen and oxygen atoms in total. The van der Waals surface area contributed by atoms with Gasteiger partial charge in [-0.05, 0) is 37.3 Å². The first-order valence-electron chi connectivity index (χ1n) is 11.8. The second kappa shape index (κ2) is 9.58. The predicted octanol–water partition coefficient (Wildman–Crippen LogP) is 3.33. The summed E-state index contributed by atoms with van der Waals surface area (Å²) in [6.45, 7) is 2.35. The second-order valence-electron chi connectivity index (χ2n) is 9.21. The SMILES string of the molecule is c1ccc(CCCN[C@@H]2CO[C@@H]3[C@@H]2OC[C@@H]3n2cc(CC3CCCCC3)nn2)cc1. The number of rotatable bonds is 8. The normalized spacial score (nSPS) is 29.3. The molecule has 0 amide bonds. The van der Waals surface area contributed by atoms with Gasteiger partial charge in [0.25, 0.3) is 0 Å². The van der Waals surface area contributed by atoms with Gasteiger partial charge in [0.2, 0.25) is 0 Å². The molecule has 162 valence electrons. The Hall–Kier alpha value is -1.76. The molecule has 6 heteroatoms. The van der Waals surface area contributed by atoms with E-state index in [1.54, 1.807) is 0 Å². The Labute approximate surface area is 179 Å². The van der Waals surface area contributed by atoms with Gasteiger partial charge in [-0.25, -0.2) is 4.68 Å². The minimum Gasteiger partial charge on any atom is -0.371 e. The molecule has 1 aromatic carbocycles. The first kappa shape index (κ1) is 20.2. The van der Waals surface area contributed by atoms with Gasteiger partial charge in [0.05, 0.1) is 24.9 Å². The summed E-state index contributed by atoms with van der Waals surface area (Å²) in [4.78, 5) is 0. The molecule has 30 heavy (non-hydrogen) atoms. The molecule has 0 bridgehead atoms. The van der Waals surface area contributed by atoms with Gasteiger partial charge in [-0.1, -0.05) is 67.6 Å². The summed E-state index contributed by atoms with van der Waals surface area (Å²) in [7, 11) is 0. The van der Waals surface area contributed by atoms with E-state index in [-0.39, 0.29) is 24.3 Å². The van der Waals surface area contributed by atoms with Crippen molar-refractivity contribution in [1.29, 1.82) is 0 Å². The fourth-order valence-corrected chi connectivity index (χ4v) is 5.36. The molecular formula is C24H34N4O2. The number of fused-ring (bicyclic) bond motifs is 1. The number of hydrogen-bond acceptors (Lipinski definition) is 5. The topological polar surface area (TPSA) is 61.2 Å². The molecular weight excluding hydrogens is 376 g/mol. The lowest BCUT2D eigenvalue weighted by Gasteiger charge is -2.20. The van der Waals surface area contributed by atoms with E-state index >= 15 is 0 Å². The Morgan fingerprint density at radius 2 is 1.83 bits per heavy atom. The monoisotopic (exact) mass is 410 g/mol. The van der Waals surface area contributed by atoms with Gasteiger partial charge in [-0.15, -0.1) is 5.10 Å². The van der Waals surface area contributed by atoms with E-state index in [0.717, 1.165) is 37.4 Å². The van der Waals surface area contributed by atoms with Crippen LogP contribution in [0.1, 0.15) is 55.8 Å². The minimum atomic E-state index is 0.0702.